The average Bonchev–Trinajstić information content (AvgIpc) is 2.53. The van der Waals surface area contributed by atoms with Crippen LogP contribution in [0, 0.1) is 5.92 Å². The normalized spacial score (nSPS) is 27.0. The summed E-state index contributed by atoms with van der Waals surface area (Å²) < 4.78 is 5.91. The van der Waals surface area contributed by atoms with Gasteiger partial charge in [0.2, 0.25) is 5.91 Å². The second-order valence-corrected chi connectivity index (χ2v) is 7.88. The SMILES string of the molecule is CC(C)O[C@H]1CC[C@@H](CCC(=O)N2CCN(C(C)C)CC2)CC1. The van der Waals surface area contributed by atoms with E-state index in [1.54, 1.807) is 0 Å². The lowest BCUT2D eigenvalue weighted by Crippen LogP contribution is -2.50. The zero-order valence-corrected chi connectivity index (χ0v) is 15.6. The molecule has 0 bridgehead atoms. The Labute approximate surface area is 142 Å². The maximum Gasteiger partial charge on any atom is 0.222 e. The Kier molecular flexibility index (Phi) is 7.35. The van der Waals surface area contributed by atoms with Gasteiger partial charge in [-0.3, -0.25) is 9.69 Å². The number of ether oxygens (including phenoxy) is 1. The zero-order chi connectivity index (χ0) is 16.8. The van der Waals surface area contributed by atoms with Crippen molar-refractivity contribution in [1.82, 2.24) is 9.80 Å². The Morgan fingerprint density at radius 1 is 1.00 bits per heavy atom. The summed E-state index contributed by atoms with van der Waals surface area (Å²) in [7, 11) is 0. The van der Waals surface area contributed by atoms with Crippen LogP contribution in [-0.4, -0.2) is 60.1 Å². The maximum absolute atomic E-state index is 12.4. The highest BCUT2D eigenvalue weighted by molar-refractivity contribution is 5.76. The molecule has 0 unspecified atom stereocenters. The lowest BCUT2D eigenvalue weighted by Gasteiger charge is -2.37. The van der Waals surface area contributed by atoms with Gasteiger partial charge < -0.3 is 9.64 Å². The van der Waals surface area contributed by atoms with E-state index in [4.69, 9.17) is 4.74 Å². The monoisotopic (exact) mass is 324 g/mol. The van der Waals surface area contributed by atoms with E-state index in [1.807, 2.05) is 0 Å². The van der Waals surface area contributed by atoms with Gasteiger partial charge in [0.15, 0.2) is 0 Å². The predicted octanol–water partition coefficient (Wildman–Crippen LogP) is 3.30. The van der Waals surface area contributed by atoms with Crippen molar-refractivity contribution in [3.05, 3.63) is 0 Å². The van der Waals surface area contributed by atoms with Crippen LogP contribution in [0.25, 0.3) is 0 Å². The number of nitrogens with zero attached hydrogens (tertiary/aromatic N) is 2. The van der Waals surface area contributed by atoms with Crippen LogP contribution in [0.5, 0.6) is 0 Å². The van der Waals surface area contributed by atoms with Crippen molar-refractivity contribution in [2.75, 3.05) is 26.2 Å². The topological polar surface area (TPSA) is 32.8 Å². The summed E-state index contributed by atoms with van der Waals surface area (Å²) in [5.41, 5.74) is 0. The van der Waals surface area contributed by atoms with Crippen LogP contribution in [0.2, 0.25) is 0 Å². The molecule has 1 saturated heterocycles. The molecule has 4 heteroatoms. The molecule has 0 aromatic heterocycles. The van der Waals surface area contributed by atoms with E-state index < -0.39 is 0 Å². The first kappa shape index (κ1) is 18.7. The van der Waals surface area contributed by atoms with Crippen molar-refractivity contribution >= 4 is 5.91 Å². The third-order valence-corrected chi connectivity index (χ3v) is 5.42. The molecule has 1 aliphatic carbocycles. The van der Waals surface area contributed by atoms with Gasteiger partial charge in [-0.2, -0.15) is 0 Å². The standard InChI is InChI=1S/C19H36N2O2/c1-15(2)20-11-13-21(14-12-20)19(22)10-7-17-5-8-18(9-6-17)23-16(3)4/h15-18H,5-14H2,1-4H3/t17-,18+. The molecule has 1 saturated carbocycles. The fourth-order valence-electron chi connectivity index (χ4n) is 3.91. The molecule has 134 valence electrons. The third kappa shape index (κ3) is 6.07. The predicted molar refractivity (Wildman–Crippen MR) is 94.5 cm³/mol. The lowest BCUT2D eigenvalue weighted by molar-refractivity contribution is -0.133. The highest BCUT2D eigenvalue weighted by Crippen LogP contribution is 2.30. The van der Waals surface area contributed by atoms with E-state index in [-0.39, 0.29) is 0 Å². The van der Waals surface area contributed by atoms with Crippen LogP contribution in [0.4, 0.5) is 0 Å². The molecule has 0 atom stereocenters. The summed E-state index contributed by atoms with van der Waals surface area (Å²) in [5, 5.41) is 0. The Morgan fingerprint density at radius 2 is 1.61 bits per heavy atom. The van der Waals surface area contributed by atoms with Gasteiger partial charge in [0.05, 0.1) is 12.2 Å². The summed E-state index contributed by atoms with van der Waals surface area (Å²) in [4.78, 5) is 16.9. The Bertz CT molecular complexity index is 354. The first-order valence-electron chi connectivity index (χ1n) is 9.63. The molecule has 1 amide bonds. The van der Waals surface area contributed by atoms with Gasteiger partial charge in [0, 0.05) is 38.6 Å². The van der Waals surface area contributed by atoms with Crippen LogP contribution in [0.3, 0.4) is 0 Å². The lowest BCUT2D eigenvalue weighted by atomic mass is 9.84. The number of hydrogen-bond acceptors (Lipinski definition) is 3. The molecule has 2 fully saturated rings. The van der Waals surface area contributed by atoms with E-state index >= 15 is 0 Å². The van der Waals surface area contributed by atoms with Crippen molar-refractivity contribution in [3.63, 3.8) is 0 Å². The summed E-state index contributed by atoms with van der Waals surface area (Å²) in [6.45, 7) is 12.6. The van der Waals surface area contributed by atoms with Crippen LogP contribution in [0.15, 0.2) is 0 Å². The third-order valence-electron chi connectivity index (χ3n) is 5.42. The number of amides is 1. The molecular weight excluding hydrogens is 288 g/mol. The van der Waals surface area contributed by atoms with Crippen LogP contribution in [-0.2, 0) is 9.53 Å². The highest BCUT2D eigenvalue weighted by atomic mass is 16.5. The number of piperazine rings is 1. The minimum absolute atomic E-state index is 0.336. The number of rotatable bonds is 6. The van der Waals surface area contributed by atoms with Gasteiger partial charge in [-0.15, -0.1) is 0 Å². The Morgan fingerprint density at radius 3 is 2.13 bits per heavy atom. The van der Waals surface area contributed by atoms with Crippen molar-refractivity contribution in [1.29, 1.82) is 0 Å². The second kappa shape index (κ2) is 9.03. The quantitative estimate of drug-likeness (QED) is 0.751. The first-order chi connectivity index (χ1) is 11.0. The average molecular weight is 325 g/mol. The van der Waals surface area contributed by atoms with E-state index in [2.05, 4.69) is 37.5 Å². The molecule has 2 aliphatic rings. The van der Waals surface area contributed by atoms with Gasteiger partial charge >= 0.3 is 0 Å². The highest BCUT2D eigenvalue weighted by Gasteiger charge is 2.25. The number of hydrogen-bond donors (Lipinski definition) is 0. The fraction of sp³-hybridized carbons (Fsp3) is 0.947. The van der Waals surface area contributed by atoms with Gasteiger partial charge in [0.25, 0.3) is 0 Å². The molecule has 1 aliphatic heterocycles. The molecule has 4 nitrogen and oxygen atoms in total. The molecule has 1 heterocycles. The molecule has 0 aromatic carbocycles. The first-order valence-corrected chi connectivity index (χ1v) is 9.63. The molecule has 0 N–H and O–H groups in total. The van der Waals surface area contributed by atoms with Crippen LogP contribution >= 0.6 is 0 Å². The van der Waals surface area contributed by atoms with Crippen molar-refractivity contribution in [2.24, 2.45) is 5.92 Å². The van der Waals surface area contributed by atoms with Crippen molar-refractivity contribution in [3.8, 4) is 0 Å². The Balaban J connectivity index is 1.62. The van der Waals surface area contributed by atoms with Crippen LogP contribution < -0.4 is 0 Å². The summed E-state index contributed by atoms with van der Waals surface area (Å²) in [5.74, 6) is 1.09. The van der Waals surface area contributed by atoms with Gasteiger partial charge in [-0.25, -0.2) is 0 Å². The van der Waals surface area contributed by atoms with Crippen molar-refractivity contribution < 1.29 is 9.53 Å². The molecule has 0 radical (unpaired) electrons. The summed E-state index contributed by atoms with van der Waals surface area (Å²) in [6, 6.07) is 0.593. The van der Waals surface area contributed by atoms with E-state index in [1.165, 1.54) is 25.7 Å². The minimum Gasteiger partial charge on any atom is -0.376 e. The second-order valence-electron chi connectivity index (χ2n) is 7.88. The maximum atomic E-state index is 12.4. The largest absolute Gasteiger partial charge is 0.376 e. The van der Waals surface area contributed by atoms with E-state index in [0.29, 0.717) is 24.2 Å². The Hall–Kier alpha value is -0.610. The molecule has 23 heavy (non-hydrogen) atoms. The van der Waals surface area contributed by atoms with E-state index in [9.17, 15) is 4.79 Å². The van der Waals surface area contributed by atoms with Gasteiger partial charge in [0.1, 0.15) is 0 Å². The molecule has 2 rings (SSSR count). The molecular formula is C19H36N2O2. The fourth-order valence-corrected chi connectivity index (χ4v) is 3.91. The molecule has 0 aromatic rings. The van der Waals surface area contributed by atoms with Gasteiger partial charge in [-0.1, -0.05) is 0 Å². The minimum atomic E-state index is 0.336. The summed E-state index contributed by atoms with van der Waals surface area (Å²) >= 11 is 0. The smallest absolute Gasteiger partial charge is 0.222 e. The number of carbonyl (C=O) groups excluding carboxylic acids is 1. The van der Waals surface area contributed by atoms with Gasteiger partial charge in [-0.05, 0) is 65.7 Å². The summed E-state index contributed by atoms with van der Waals surface area (Å²) in [6.07, 6.45) is 7.39. The molecule has 0 spiro atoms. The zero-order valence-electron chi connectivity index (χ0n) is 15.6. The van der Waals surface area contributed by atoms with E-state index in [0.717, 1.165) is 44.9 Å². The number of carbonyl (C=O) groups is 1. The van der Waals surface area contributed by atoms with Crippen LogP contribution in [0.1, 0.15) is 66.2 Å². The van der Waals surface area contributed by atoms with Crippen molar-refractivity contribution in [2.45, 2.75) is 84.5 Å².